The van der Waals surface area contributed by atoms with Crippen molar-refractivity contribution >= 4 is 50.8 Å². The van der Waals surface area contributed by atoms with Crippen molar-refractivity contribution in [1.82, 2.24) is 4.57 Å². The molecule has 3 rings (SSSR count). The van der Waals surface area contributed by atoms with Crippen LogP contribution in [0.4, 0.5) is 0 Å². The van der Waals surface area contributed by atoms with Gasteiger partial charge in [0.15, 0.2) is 4.80 Å². The van der Waals surface area contributed by atoms with Crippen LogP contribution in [0.25, 0.3) is 10.2 Å². The third-order valence-corrected chi connectivity index (χ3v) is 6.24. The van der Waals surface area contributed by atoms with E-state index < -0.39 is 0 Å². The Labute approximate surface area is 154 Å². The Morgan fingerprint density at radius 2 is 2.00 bits per heavy atom. The summed E-state index contributed by atoms with van der Waals surface area (Å²) in [5.41, 5.74) is 3.38. The summed E-state index contributed by atoms with van der Waals surface area (Å²) in [7, 11) is 1.92. The smallest absolute Gasteiger partial charge is 0.258 e. The molecular formula is C18H17ClN2OS2. The molecular weight excluding hydrogens is 360 g/mol. The quantitative estimate of drug-likeness (QED) is 0.668. The van der Waals surface area contributed by atoms with Gasteiger partial charge >= 0.3 is 0 Å². The summed E-state index contributed by atoms with van der Waals surface area (Å²) < 4.78 is 2.92. The molecule has 0 N–H and O–H groups in total. The number of carbonyl (C=O) groups is 1. The molecule has 0 fully saturated rings. The van der Waals surface area contributed by atoms with E-state index in [-0.39, 0.29) is 5.91 Å². The van der Waals surface area contributed by atoms with E-state index in [1.54, 1.807) is 11.8 Å². The molecule has 0 radical (unpaired) electrons. The lowest BCUT2D eigenvalue weighted by atomic mass is 10.2. The number of thioether (sulfide) groups is 1. The van der Waals surface area contributed by atoms with Gasteiger partial charge in [0.2, 0.25) is 0 Å². The number of aromatic nitrogens is 1. The number of aryl methyl sites for hydroxylation is 2. The lowest BCUT2D eigenvalue weighted by Gasteiger charge is -2.01. The Bertz CT molecular complexity index is 945. The maximum Gasteiger partial charge on any atom is 0.258 e. The summed E-state index contributed by atoms with van der Waals surface area (Å²) in [5.74, 6) is 1.06. The van der Waals surface area contributed by atoms with Crippen LogP contribution in [0.3, 0.4) is 0 Å². The first kappa shape index (κ1) is 17.3. The zero-order valence-corrected chi connectivity index (χ0v) is 15.8. The number of carbonyl (C=O) groups excluding carboxylic acids is 1. The topological polar surface area (TPSA) is 34.4 Å². The monoisotopic (exact) mass is 376 g/mol. The van der Waals surface area contributed by atoms with Crippen molar-refractivity contribution < 1.29 is 4.79 Å². The van der Waals surface area contributed by atoms with Crippen molar-refractivity contribution in [3.63, 3.8) is 0 Å². The molecule has 0 saturated carbocycles. The van der Waals surface area contributed by atoms with Crippen LogP contribution in [0.5, 0.6) is 0 Å². The summed E-state index contributed by atoms with van der Waals surface area (Å²) in [6.45, 7) is 2.03. The van der Waals surface area contributed by atoms with Gasteiger partial charge in [0, 0.05) is 12.8 Å². The molecule has 0 aliphatic heterocycles. The highest BCUT2D eigenvalue weighted by Gasteiger charge is 2.10. The number of hydrogen-bond acceptors (Lipinski definition) is 3. The van der Waals surface area contributed by atoms with Crippen LogP contribution in [0.2, 0.25) is 5.02 Å². The molecule has 3 nitrogen and oxygen atoms in total. The highest BCUT2D eigenvalue weighted by Crippen LogP contribution is 2.28. The molecule has 0 unspecified atom stereocenters. The zero-order chi connectivity index (χ0) is 17.1. The Morgan fingerprint density at radius 1 is 1.25 bits per heavy atom. The molecule has 0 aliphatic carbocycles. The Morgan fingerprint density at radius 3 is 2.71 bits per heavy atom. The number of benzene rings is 2. The van der Waals surface area contributed by atoms with Crippen LogP contribution >= 0.6 is 34.7 Å². The van der Waals surface area contributed by atoms with Gasteiger partial charge in [-0.05, 0) is 24.1 Å². The number of nitrogens with zero attached hydrogens (tertiary/aromatic N) is 2. The summed E-state index contributed by atoms with van der Waals surface area (Å²) in [5, 5.41) is 0.698. The van der Waals surface area contributed by atoms with Gasteiger partial charge in [0.05, 0.1) is 21.0 Å². The lowest BCUT2D eigenvalue weighted by molar-refractivity contribution is -0.115. The number of rotatable bonds is 4. The molecule has 24 heavy (non-hydrogen) atoms. The van der Waals surface area contributed by atoms with E-state index in [2.05, 4.69) is 17.1 Å². The van der Waals surface area contributed by atoms with E-state index in [0.717, 1.165) is 21.5 Å². The van der Waals surface area contributed by atoms with Gasteiger partial charge in [-0.25, -0.2) is 0 Å². The van der Waals surface area contributed by atoms with Gasteiger partial charge in [0.1, 0.15) is 0 Å². The van der Waals surface area contributed by atoms with Crippen LogP contribution in [0.15, 0.2) is 47.5 Å². The third-order valence-electron chi connectivity index (χ3n) is 3.66. The first-order valence-electron chi connectivity index (χ1n) is 7.50. The van der Waals surface area contributed by atoms with Crippen molar-refractivity contribution in [3.8, 4) is 0 Å². The van der Waals surface area contributed by atoms with Crippen LogP contribution < -0.4 is 4.80 Å². The van der Waals surface area contributed by atoms with E-state index in [4.69, 9.17) is 11.6 Å². The predicted octanol–water partition coefficient (Wildman–Crippen LogP) is 4.56. The Balaban J connectivity index is 1.77. The van der Waals surface area contributed by atoms with Crippen molar-refractivity contribution in [1.29, 1.82) is 0 Å². The minimum atomic E-state index is -0.119. The minimum Gasteiger partial charge on any atom is -0.319 e. The second kappa shape index (κ2) is 7.55. The van der Waals surface area contributed by atoms with E-state index in [9.17, 15) is 4.79 Å². The highest BCUT2D eigenvalue weighted by molar-refractivity contribution is 7.99. The molecule has 124 valence electrons. The average molecular weight is 377 g/mol. The van der Waals surface area contributed by atoms with E-state index in [1.165, 1.54) is 16.9 Å². The largest absolute Gasteiger partial charge is 0.319 e. The van der Waals surface area contributed by atoms with Gasteiger partial charge in [-0.3, -0.25) is 4.79 Å². The normalized spacial score (nSPS) is 12.0. The van der Waals surface area contributed by atoms with Gasteiger partial charge in [-0.2, -0.15) is 4.99 Å². The molecule has 0 aliphatic rings. The average Bonchev–Trinajstić information content (AvgIpc) is 2.90. The van der Waals surface area contributed by atoms with Crippen LogP contribution in [0, 0.1) is 6.92 Å². The zero-order valence-electron chi connectivity index (χ0n) is 13.5. The van der Waals surface area contributed by atoms with Gasteiger partial charge < -0.3 is 4.57 Å². The van der Waals surface area contributed by atoms with E-state index in [0.29, 0.717) is 15.6 Å². The van der Waals surface area contributed by atoms with Crippen LogP contribution in [0.1, 0.15) is 11.1 Å². The molecule has 0 atom stereocenters. The molecule has 0 bridgehead atoms. The number of amides is 1. The molecule has 1 aromatic heterocycles. The highest BCUT2D eigenvalue weighted by atomic mass is 35.5. The van der Waals surface area contributed by atoms with Crippen molar-refractivity contribution in [2.24, 2.45) is 12.0 Å². The number of hydrogen-bond donors (Lipinski definition) is 0. The van der Waals surface area contributed by atoms with Crippen molar-refractivity contribution in [3.05, 3.63) is 63.4 Å². The van der Waals surface area contributed by atoms with Crippen LogP contribution in [-0.2, 0) is 17.6 Å². The molecule has 6 heteroatoms. The lowest BCUT2D eigenvalue weighted by Crippen LogP contribution is -2.14. The van der Waals surface area contributed by atoms with Crippen molar-refractivity contribution in [2.75, 3.05) is 5.75 Å². The minimum absolute atomic E-state index is 0.119. The SMILES string of the molecule is Cc1ccc(Cl)c2sc(=NC(=O)CSCc3ccccc3)n(C)c12. The first-order valence-corrected chi connectivity index (χ1v) is 9.85. The summed E-state index contributed by atoms with van der Waals surface area (Å²) in [6.07, 6.45) is 0. The Kier molecular flexibility index (Phi) is 5.43. The summed E-state index contributed by atoms with van der Waals surface area (Å²) in [6, 6.07) is 14.0. The standard InChI is InChI=1S/C18H17ClN2OS2/c1-12-8-9-14(19)17-16(12)21(2)18(24-17)20-15(22)11-23-10-13-6-4-3-5-7-13/h3-9H,10-11H2,1-2H3. The van der Waals surface area contributed by atoms with E-state index in [1.807, 2.05) is 48.9 Å². The molecule has 2 aromatic carbocycles. The van der Waals surface area contributed by atoms with Gasteiger partial charge in [-0.1, -0.05) is 59.3 Å². The first-order chi connectivity index (χ1) is 11.6. The molecule has 1 amide bonds. The summed E-state index contributed by atoms with van der Waals surface area (Å²) in [4.78, 5) is 17.1. The second-order valence-corrected chi connectivity index (χ2v) is 7.84. The number of halogens is 1. The predicted molar refractivity (Wildman–Crippen MR) is 104 cm³/mol. The second-order valence-electron chi connectivity index (χ2n) is 5.47. The van der Waals surface area contributed by atoms with Crippen LogP contribution in [-0.4, -0.2) is 16.2 Å². The molecule has 0 saturated heterocycles. The molecule has 0 spiro atoms. The Hall–Kier alpha value is -1.56. The third kappa shape index (κ3) is 3.74. The van der Waals surface area contributed by atoms with Gasteiger partial charge in [0.25, 0.3) is 5.91 Å². The summed E-state index contributed by atoms with van der Waals surface area (Å²) >= 11 is 9.30. The fourth-order valence-corrected chi connectivity index (χ4v) is 4.64. The maximum atomic E-state index is 12.2. The molecule has 3 aromatic rings. The maximum absolute atomic E-state index is 12.2. The van der Waals surface area contributed by atoms with Gasteiger partial charge in [-0.15, -0.1) is 11.8 Å². The fourth-order valence-electron chi connectivity index (χ4n) is 2.48. The van der Waals surface area contributed by atoms with Crippen molar-refractivity contribution in [2.45, 2.75) is 12.7 Å². The number of thiazole rings is 1. The molecule has 1 heterocycles. The number of fused-ring (bicyclic) bond motifs is 1. The van der Waals surface area contributed by atoms with E-state index >= 15 is 0 Å². The fraction of sp³-hybridized carbons (Fsp3) is 0.222.